The molecule has 0 bridgehead atoms. The van der Waals surface area contributed by atoms with E-state index in [9.17, 15) is 8.78 Å². The molecule has 0 aliphatic carbocycles. The molecule has 0 amide bonds. The average Bonchev–Trinajstić information content (AvgIpc) is 2.98. The lowest BCUT2D eigenvalue weighted by Crippen LogP contribution is -2.53. The van der Waals surface area contributed by atoms with Crippen LogP contribution in [0, 0.1) is 18.6 Å². The maximum Gasteiger partial charge on any atom is 0.161 e. The fourth-order valence-corrected chi connectivity index (χ4v) is 4.77. The molecule has 1 unspecified atom stereocenters. The van der Waals surface area contributed by atoms with E-state index in [0.717, 1.165) is 60.5 Å². The van der Waals surface area contributed by atoms with Crippen LogP contribution in [0.1, 0.15) is 23.8 Å². The normalized spacial score (nSPS) is 18.0. The molecular weight excluding hydrogens is 465 g/mol. The van der Waals surface area contributed by atoms with Crippen molar-refractivity contribution in [1.82, 2.24) is 9.80 Å². The monoisotopic (exact) mass is 492 g/mol. The van der Waals surface area contributed by atoms with Gasteiger partial charge >= 0.3 is 0 Å². The quantitative estimate of drug-likeness (QED) is 0.583. The molecule has 2 aliphatic rings. The summed E-state index contributed by atoms with van der Waals surface area (Å²) in [6, 6.07) is 4.80. The summed E-state index contributed by atoms with van der Waals surface area (Å²) in [7, 11) is 2.14. The van der Waals surface area contributed by atoms with Gasteiger partial charge in [-0.1, -0.05) is 0 Å². The topological polar surface area (TPSA) is 40.1 Å². The van der Waals surface area contributed by atoms with E-state index in [1.807, 2.05) is 13.8 Å². The number of hydrogen-bond donors (Lipinski definition) is 1. The Labute approximate surface area is 198 Å². The minimum atomic E-state index is -0.886. The molecule has 1 aromatic carbocycles. The highest BCUT2D eigenvalue weighted by atomic mass is 35.5. The van der Waals surface area contributed by atoms with Crippen LogP contribution in [0.2, 0.25) is 0 Å². The summed E-state index contributed by atoms with van der Waals surface area (Å²) in [6.07, 6.45) is 0.943. The van der Waals surface area contributed by atoms with Crippen molar-refractivity contribution in [1.29, 1.82) is 0 Å². The minimum Gasteiger partial charge on any atom is -0.382 e. The second-order valence-corrected chi connectivity index (χ2v) is 8.77. The third-order valence-electron chi connectivity index (χ3n) is 5.49. The fourth-order valence-electron chi connectivity index (χ4n) is 3.85. The highest BCUT2D eigenvalue weighted by Crippen LogP contribution is 2.40. The number of nitrogens with zero attached hydrogens (tertiary/aromatic N) is 3. The number of rotatable bonds is 4. The Morgan fingerprint density at radius 3 is 2.68 bits per heavy atom. The van der Waals surface area contributed by atoms with E-state index in [1.54, 1.807) is 11.3 Å². The number of thiophene rings is 1. The van der Waals surface area contributed by atoms with Crippen molar-refractivity contribution in [3.63, 3.8) is 0 Å². The Morgan fingerprint density at radius 1 is 1.19 bits per heavy atom. The number of halogens is 4. The van der Waals surface area contributed by atoms with Crippen molar-refractivity contribution in [2.24, 2.45) is 4.99 Å². The van der Waals surface area contributed by atoms with Crippen LogP contribution in [-0.2, 0) is 4.74 Å². The average molecular weight is 493 g/mol. The number of fused-ring (bicyclic) bond motifs is 2. The molecule has 172 valence electrons. The van der Waals surface area contributed by atoms with Crippen molar-refractivity contribution < 1.29 is 13.5 Å². The molecule has 10 heteroatoms. The standard InChI is InChI=1S/C21H26F2N4OS.2ClH/c1-4-28-8-5-14-12-27(7-6-26(14)3)20-15-9-13(2)29-21(15)25-19-11-17(23)16(22)10-18(19)24-20;;/h9-11,14,25H,4-8,12H2,1-3H3;2*1H. The van der Waals surface area contributed by atoms with E-state index in [4.69, 9.17) is 9.73 Å². The highest BCUT2D eigenvalue weighted by molar-refractivity contribution is 7.16. The zero-order valence-electron chi connectivity index (χ0n) is 17.8. The van der Waals surface area contributed by atoms with E-state index in [1.165, 1.54) is 12.1 Å². The van der Waals surface area contributed by atoms with Crippen LogP contribution in [0.15, 0.2) is 23.2 Å². The molecule has 1 fully saturated rings. The van der Waals surface area contributed by atoms with Crippen molar-refractivity contribution >= 4 is 58.4 Å². The van der Waals surface area contributed by atoms with Crippen molar-refractivity contribution in [2.75, 3.05) is 45.2 Å². The van der Waals surface area contributed by atoms with Crippen molar-refractivity contribution in [2.45, 2.75) is 26.3 Å². The van der Waals surface area contributed by atoms with Crippen LogP contribution in [-0.4, -0.2) is 61.6 Å². The molecule has 1 saturated heterocycles. The summed E-state index contributed by atoms with van der Waals surface area (Å²) in [6.45, 7) is 8.04. The van der Waals surface area contributed by atoms with Gasteiger partial charge in [-0.3, -0.25) is 4.90 Å². The van der Waals surface area contributed by atoms with Crippen LogP contribution in [0.25, 0.3) is 0 Å². The van der Waals surface area contributed by atoms with E-state index in [0.29, 0.717) is 17.4 Å². The zero-order chi connectivity index (χ0) is 20.5. The molecule has 1 aromatic heterocycles. The van der Waals surface area contributed by atoms with E-state index >= 15 is 0 Å². The first-order chi connectivity index (χ1) is 14.0. The van der Waals surface area contributed by atoms with Gasteiger partial charge in [-0.05, 0) is 33.4 Å². The summed E-state index contributed by atoms with van der Waals surface area (Å²) in [5.74, 6) is -0.945. The molecule has 0 spiro atoms. The maximum absolute atomic E-state index is 13.9. The number of ether oxygens (including phenoxy) is 1. The third-order valence-corrected chi connectivity index (χ3v) is 6.45. The molecular formula is C21H28Cl2F2N4OS. The smallest absolute Gasteiger partial charge is 0.161 e. The number of anilines is 2. The van der Waals surface area contributed by atoms with Gasteiger partial charge in [0.1, 0.15) is 10.8 Å². The second kappa shape index (κ2) is 10.9. The summed E-state index contributed by atoms with van der Waals surface area (Å²) in [5.41, 5.74) is 1.89. The van der Waals surface area contributed by atoms with Gasteiger partial charge in [-0.15, -0.1) is 36.2 Å². The van der Waals surface area contributed by atoms with Crippen LogP contribution < -0.4 is 5.32 Å². The van der Waals surface area contributed by atoms with Gasteiger partial charge in [0.25, 0.3) is 0 Å². The predicted molar refractivity (Wildman–Crippen MR) is 128 cm³/mol. The molecule has 2 aromatic rings. The molecule has 0 saturated carbocycles. The number of aliphatic imine (C=N–C) groups is 1. The Balaban J connectivity index is 0.00000171. The Hall–Kier alpha value is -1.45. The number of aryl methyl sites for hydroxylation is 1. The largest absolute Gasteiger partial charge is 0.382 e. The van der Waals surface area contributed by atoms with Crippen molar-refractivity contribution in [3.05, 3.63) is 40.3 Å². The Kier molecular flexibility index (Phi) is 9.09. The Morgan fingerprint density at radius 2 is 1.94 bits per heavy atom. The third kappa shape index (κ3) is 5.49. The lowest BCUT2D eigenvalue weighted by Gasteiger charge is -2.41. The van der Waals surface area contributed by atoms with Gasteiger partial charge in [0.2, 0.25) is 0 Å². The first kappa shape index (κ1) is 25.8. The molecule has 0 radical (unpaired) electrons. The van der Waals surface area contributed by atoms with E-state index < -0.39 is 11.6 Å². The first-order valence-corrected chi connectivity index (χ1v) is 10.8. The lowest BCUT2D eigenvalue weighted by molar-refractivity contribution is 0.0843. The SMILES string of the molecule is CCOCCC1CN(C2=Nc3cc(F)c(F)cc3Nc3sc(C)cc32)CCN1C.Cl.Cl. The number of likely N-dealkylation sites (N-methyl/N-ethyl adjacent to an activating group) is 1. The maximum atomic E-state index is 13.9. The summed E-state index contributed by atoms with van der Waals surface area (Å²) >= 11 is 1.60. The zero-order valence-corrected chi connectivity index (χ0v) is 20.2. The summed E-state index contributed by atoms with van der Waals surface area (Å²) in [4.78, 5) is 10.6. The molecule has 1 N–H and O–H groups in total. The van der Waals surface area contributed by atoms with Crippen LogP contribution in [0.3, 0.4) is 0 Å². The molecule has 1 atom stereocenters. The second-order valence-electron chi connectivity index (χ2n) is 7.51. The molecule has 3 heterocycles. The van der Waals surface area contributed by atoms with Gasteiger partial charge in [0.15, 0.2) is 11.6 Å². The summed E-state index contributed by atoms with van der Waals surface area (Å²) < 4.78 is 33.3. The molecule has 5 nitrogen and oxygen atoms in total. The van der Waals surface area contributed by atoms with Gasteiger partial charge in [0.05, 0.1) is 16.9 Å². The predicted octanol–water partition coefficient (Wildman–Crippen LogP) is 5.36. The van der Waals surface area contributed by atoms with Crippen LogP contribution in [0.5, 0.6) is 0 Å². The number of piperazine rings is 1. The van der Waals surface area contributed by atoms with E-state index in [-0.39, 0.29) is 24.8 Å². The number of benzene rings is 1. The van der Waals surface area contributed by atoms with Crippen LogP contribution >= 0.6 is 36.2 Å². The number of amidine groups is 1. The van der Waals surface area contributed by atoms with Gasteiger partial charge in [0, 0.05) is 55.9 Å². The first-order valence-electron chi connectivity index (χ1n) is 9.94. The molecule has 2 aliphatic heterocycles. The van der Waals surface area contributed by atoms with E-state index in [2.05, 4.69) is 28.2 Å². The number of nitrogens with one attached hydrogen (secondary N) is 1. The Bertz CT molecular complexity index is 940. The minimum absolute atomic E-state index is 0. The van der Waals surface area contributed by atoms with Crippen molar-refractivity contribution in [3.8, 4) is 0 Å². The summed E-state index contributed by atoms with van der Waals surface area (Å²) in [5, 5.41) is 4.18. The van der Waals surface area contributed by atoms with Crippen LogP contribution in [0.4, 0.5) is 25.2 Å². The van der Waals surface area contributed by atoms with Gasteiger partial charge in [-0.25, -0.2) is 13.8 Å². The van der Waals surface area contributed by atoms with Gasteiger partial charge in [-0.2, -0.15) is 0 Å². The highest BCUT2D eigenvalue weighted by Gasteiger charge is 2.30. The lowest BCUT2D eigenvalue weighted by atomic mass is 10.1. The van der Waals surface area contributed by atoms with Gasteiger partial charge < -0.3 is 15.0 Å². The fraction of sp³-hybridized carbons (Fsp3) is 0.476. The number of hydrogen-bond acceptors (Lipinski definition) is 6. The molecule has 31 heavy (non-hydrogen) atoms. The molecule has 4 rings (SSSR count).